The molecular weight excluding hydrogens is 325 g/mol. The number of pyridine rings is 1. The fraction of sp³-hybridized carbons (Fsp3) is 0.235. The van der Waals surface area contributed by atoms with E-state index in [4.69, 9.17) is 18.9 Å². The van der Waals surface area contributed by atoms with Crippen LogP contribution in [0.4, 0.5) is 0 Å². The van der Waals surface area contributed by atoms with E-state index in [1.54, 1.807) is 12.1 Å². The molecule has 0 saturated heterocycles. The Kier molecular flexibility index (Phi) is 5.30. The molecule has 8 heteroatoms. The zero-order valence-electron chi connectivity index (χ0n) is 13.6. The number of aromatic nitrogens is 1. The van der Waals surface area contributed by atoms with Crippen molar-refractivity contribution >= 4 is 25.3 Å². The van der Waals surface area contributed by atoms with Crippen molar-refractivity contribution in [1.29, 1.82) is 0 Å². The average Bonchev–Trinajstić information content (AvgIpc) is 2.99. The molecule has 1 aromatic carbocycles. The number of hydrogen-bond acceptors (Lipinski definition) is 7. The minimum absolute atomic E-state index is 0.0339. The lowest BCUT2D eigenvalue weighted by atomic mass is 9.64. The van der Waals surface area contributed by atoms with E-state index >= 15 is 0 Å². The van der Waals surface area contributed by atoms with E-state index in [1.165, 1.54) is 0 Å². The van der Waals surface area contributed by atoms with Gasteiger partial charge < -0.3 is 18.9 Å². The van der Waals surface area contributed by atoms with Gasteiger partial charge in [0.2, 0.25) is 5.88 Å². The molecule has 3 rings (SSSR count). The van der Waals surface area contributed by atoms with Gasteiger partial charge in [-0.15, -0.1) is 0 Å². The quantitative estimate of drug-likeness (QED) is 0.532. The minimum atomic E-state index is -0.0339. The fourth-order valence-electron chi connectivity index (χ4n) is 2.65. The molecule has 128 valence electrons. The molecule has 0 amide bonds. The lowest BCUT2D eigenvalue weighted by molar-refractivity contribution is -0.131. The Balaban J connectivity index is 1.79. The van der Waals surface area contributed by atoms with E-state index in [0.717, 1.165) is 11.0 Å². The van der Waals surface area contributed by atoms with Gasteiger partial charge in [0.25, 0.3) is 12.9 Å². The Hall–Kier alpha value is -2.87. The first-order valence-corrected chi connectivity index (χ1v) is 7.73. The molecule has 0 bridgehead atoms. The van der Waals surface area contributed by atoms with Crippen LogP contribution < -0.4 is 10.2 Å². The largest absolute Gasteiger partial charge is 0.463 e. The molecule has 7 nitrogen and oxygen atoms in total. The second-order valence-corrected chi connectivity index (χ2v) is 5.49. The van der Waals surface area contributed by atoms with Gasteiger partial charge in [-0.05, 0) is 29.2 Å². The standard InChI is InChI=1S/C17H16BNO6/c1-18-15-4-3-14(6-13(15)8-24-18)25-17-5-2-12(7-22-10-20)16(19-17)9-23-11-21/h2-6,10-11H,7-9H2,1H3. The SMILES string of the molecule is CB1OCc2cc(Oc3ccc(COC=O)c(COC=O)n3)ccc21. The first kappa shape index (κ1) is 17.0. The van der Waals surface area contributed by atoms with Crippen molar-refractivity contribution in [3.63, 3.8) is 0 Å². The van der Waals surface area contributed by atoms with Gasteiger partial charge in [0.05, 0.1) is 12.3 Å². The predicted octanol–water partition coefficient (Wildman–Crippen LogP) is 1.58. The third-order valence-corrected chi connectivity index (χ3v) is 3.90. The summed E-state index contributed by atoms with van der Waals surface area (Å²) in [6, 6.07) is 9.14. The molecule has 0 N–H and O–H groups in total. The van der Waals surface area contributed by atoms with Crippen molar-refractivity contribution in [2.45, 2.75) is 26.6 Å². The van der Waals surface area contributed by atoms with E-state index in [9.17, 15) is 9.59 Å². The molecule has 25 heavy (non-hydrogen) atoms. The van der Waals surface area contributed by atoms with Crippen LogP contribution in [0, 0.1) is 0 Å². The van der Waals surface area contributed by atoms with Crippen LogP contribution in [0.25, 0.3) is 0 Å². The number of rotatable bonds is 8. The van der Waals surface area contributed by atoms with E-state index in [-0.39, 0.29) is 20.1 Å². The van der Waals surface area contributed by atoms with Gasteiger partial charge in [0.15, 0.2) is 0 Å². The van der Waals surface area contributed by atoms with E-state index in [2.05, 4.69) is 4.98 Å². The second-order valence-electron chi connectivity index (χ2n) is 5.49. The van der Waals surface area contributed by atoms with Gasteiger partial charge >= 0.3 is 6.92 Å². The molecule has 1 aliphatic heterocycles. The molecule has 1 aromatic heterocycles. The van der Waals surface area contributed by atoms with Crippen LogP contribution in [0.1, 0.15) is 16.8 Å². The molecule has 0 spiro atoms. The first-order valence-electron chi connectivity index (χ1n) is 7.73. The maximum atomic E-state index is 10.4. The highest BCUT2D eigenvalue weighted by Gasteiger charge is 2.23. The van der Waals surface area contributed by atoms with Crippen molar-refractivity contribution in [3.05, 3.63) is 47.2 Å². The highest BCUT2D eigenvalue weighted by atomic mass is 16.5. The molecule has 0 saturated carbocycles. The summed E-state index contributed by atoms with van der Waals surface area (Å²) >= 11 is 0. The smallest absolute Gasteiger partial charge is 0.324 e. The fourth-order valence-corrected chi connectivity index (χ4v) is 2.65. The summed E-state index contributed by atoms with van der Waals surface area (Å²) in [6.07, 6.45) is 0. The van der Waals surface area contributed by atoms with Crippen LogP contribution in [0.3, 0.4) is 0 Å². The lowest BCUT2D eigenvalue weighted by Gasteiger charge is -2.11. The maximum Gasteiger partial charge on any atom is 0.324 e. The number of hydrogen-bond donors (Lipinski definition) is 0. The molecule has 0 unspecified atom stereocenters. The van der Waals surface area contributed by atoms with Crippen LogP contribution in [0.5, 0.6) is 11.6 Å². The number of benzene rings is 1. The van der Waals surface area contributed by atoms with Crippen LogP contribution >= 0.6 is 0 Å². The van der Waals surface area contributed by atoms with Crippen molar-refractivity contribution < 1.29 is 28.5 Å². The van der Waals surface area contributed by atoms with Crippen molar-refractivity contribution in [2.75, 3.05) is 0 Å². The highest BCUT2D eigenvalue weighted by Crippen LogP contribution is 2.24. The summed E-state index contributed by atoms with van der Waals surface area (Å²) in [6.45, 7) is 3.35. The summed E-state index contributed by atoms with van der Waals surface area (Å²) in [5.41, 5.74) is 3.34. The molecule has 0 aliphatic carbocycles. The van der Waals surface area contributed by atoms with Crippen LogP contribution in [0.2, 0.25) is 6.82 Å². The van der Waals surface area contributed by atoms with Gasteiger partial charge in [-0.1, -0.05) is 12.9 Å². The Morgan fingerprint density at radius 3 is 2.76 bits per heavy atom. The van der Waals surface area contributed by atoms with Crippen molar-refractivity contribution in [2.24, 2.45) is 0 Å². The first-order chi connectivity index (χ1) is 12.2. The second kappa shape index (κ2) is 7.80. The number of carbonyl (C=O) groups is 2. The summed E-state index contributed by atoms with van der Waals surface area (Å²) < 4.78 is 20.9. The molecule has 1 aliphatic rings. The average molecular weight is 341 g/mol. The summed E-state index contributed by atoms with van der Waals surface area (Å²) in [7, 11) is 0. The lowest BCUT2D eigenvalue weighted by Crippen LogP contribution is -2.23. The van der Waals surface area contributed by atoms with E-state index in [1.807, 2.05) is 25.0 Å². The Labute approximate surface area is 145 Å². The van der Waals surface area contributed by atoms with Crippen molar-refractivity contribution in [1.82, 2.24) is 4.98 Å². The summed E-state index contributed by atoms with van der Waals surface area (Å²) in [5.74, 6) is 0.995. The summed E-state index contributed by atoms with van der Waals surface area (Å²) in [5, 5.41) is 0. The topological polar surface area (TPSA) is 84.0 Å². The molecule has 2 heterocycles. The third kappa shape index (κ3) is 3.97. The zero-order valence-corrected chi connectivity index (χ0v) is 13.6. The van der Waals surface area contributed by atoms with E-state index in [0.29, 0.717) is 42.4 Å². The van der Waals surface area contributed by atoms with Crippen molar-refractivity contribution in [3.8, 4) is 11.6 Å². The Morgan fingerprint density at radius 1 is 1.16 bits per heavy atom. The Morgan fingerprint density at radius 2 is 1.96 bits per heavy atom. The molecule has 0 atom stereocenters. The minimum Gasteiger partial charge on any atom is -0.463 e. The molecule has 0 radical (unpaired) electrons. The van der Waals surface area contributed by atoms with Gasteiger partial charge in [-0.3, -0.25) is 9.59 Å². The zero-order chi connectivity index (χ0) is 17.6. The Bertz CT molecular complexity index is 782. The highest BCUT2D eigenvalue weighted by molar-refractivity contribution is 6.67. The number of nitrogens with zero attached hydrogens (tertiary/aromatic N) is 1. The van der Waals surface area contributed by atoms with Gasteiger partial charge in [-0.2, -0.15) is 0 Å². The van der Waals surface area contributed by atoms with Gasteiger partial charge in [-0.25, -0.2) is 4.98 Å². The normalized spacial score (nSPS) is 12.4. The maximum absolute atomic E-state index is 10.4. The van der Waals surface area contributed by atoms with Gasteiger partial charge in [0, 0.05) is 11.6 Å². The predicted molar refractivity (Wildman–Crippen MR) is 88.5 cm³/mol. The van der Waals surface area contributed by atoms with E-state index < -0.39 is 0 Å². The molecule has 0 fully saturated rings. The summed E-state index contributed by atoms with van der Waals surface area (Å²) in [4.78, 5) is 25.1. The number of carbonyl (C=O) groups excluding carboxylic acids is 2. The monoisotopic (exact) mass is 341 g/mol. The third-order valence-electron chi connectivity index (χ3n) is 3.90. The molecular formula is C17H16BNO6. The van der Waals surface area contributed by atoms with Crippen LogP contribution in [-0.4, -0.2) is 24.8 Å². The number of ether oxygens (including phenoxy) is 3. The number of fused-ring (bicyclic) bond motifs is 1. The van der Waals surface area contributed by atoms with Gasteiger partial charge in [0.1, 0.15) is 19.0 Å². The van der Waals surface area contributed by atoms with Crippen LogP contribution in [0.15, 0.2) is 30.3 Å². The van der Waals surface area contributed by atoms with Crippen LogP contribution in [-0.2, 0) is 43.5 Å². The molecule has 2 aromatic rings.